The van der Waals surface area contributed by atoms with Gasteiger partial charge < -0.3 is 10.6 Å². The van der Waals surface area contributed by atoms with Gasteiger partial charge in [-0.25, -0.2) is 13.2 Å². The van der Waals surface area contributed by atoms with Crippen molar-refractivity contribution in [1.82, 2.24) is 10.2 Å². The highest BCUT2D eigenvalue weighted by molar-refractivity contribution is 5.93. The van der Waals surface area contributed by atoms with Gasteiger partial charge in [-0.2, -0.15) is 0 Å². The highest BCUT2D eigenvalue weighted by atomic mass is 19.2. The minimum atomic E-state index is -1.66. The maximum Gasteiger partial charge on any atom is 0.238 e. The third kappa shape index (κ3) is 6.06. The number of carbonyl (C=O) groups is 2. The lowest BCUT2D eigenvalue weighted by molar-refractivity contribution is -0.127. The number of anilines is 1. The maximum atomic E-state index is 13.7. The van der Waals surface area contributed by atoms with Gasteiger partial charge in [0.15, 0.2) is 17.5 Å². The third-order valence-corrected chi connectivity index (χ3v) is 4.84. The van der Waals surface area contributed by atoms with Crippen molar-refractivity contribution in [3.8, 4) is 0 Å². The van der Waals surface area contributed by atoms with Gasteiger partial charge >= 0.3 is 0 Å². The van der Waals surface area contributed by atoms with Crippen LogP contribution >= 0.6 is 0 Å². The first-order chi connectivity index (χ1) is 14.2. The Kier molecular flexibility index (Phi) is 8.41. The van der Waals surface area contributed by atoms with Gasteiger partial charge in [0, 0.05) is 0 Å². The number of hydrogen-bond donors (Lipinski definition) is 2. The van der Waals surface area contributed by atoms with Crippen LogP contribution in [0.5, 0.6) is 0 Å². The second kappa shape index (κ2) is 10.8. The lowest BCUT2D eigenvalue weighted by Gasteiger charge is -2.26. The molecule has 5 nitrogen and oxygen atoms in total. The quantitative estimate of drug-likeness (QED) is 0.602. The molecule has 0 radical (unpaired) electrons. The molecule has 2 aromatic rings. The van der Waals surface area contributed by atoms with Crippen molar-refractivity contribution in [3.05, 3.63) is 65.5 Å². The average Bonchev–Trinajstić information content (AvgIpc) is 2.73. The van der Waals surface area contributed by atoms with Crippen LogP contribution in [0.2, 0.25) is 0 Å². The number of rotatable bonds is 9. The van der Waals surface area contributed by atoms with Crippen LogP contribution in [-0.2, 0) is 9.59 Å². The van der Waals surface area contributed by atoms with Crippen LogP contribution in [0.1, 0.15) is 38.3 Å². The summed E-state index contributed by atoms with van der Waals surface area (Å²) in [5.41, 5.74) is 0.533. The van der Waals surface area contributed by atoms with E-state index in [-0.39, 0.29) is 18.5 Å². The van der Waals surface area contributed by atoms with Crippen molar-refractivity contribution < 1.29 is 22.8 Å². The summed E-state index contributed by atoms with van der Waals surface area (Å²) in [5.74, 6) is -5.38. The fourth-order valence-corrected chi connectivity index (χ4v) is 2.96. The summed E-state index contributed by atoms with van der Waals surface area (Å²) >= 11 is 0. The summed E-state index contributed by atoms with van der Waals surface area (Å²) in [6.07, 6.45) is 1.65. The van der Waals surface area contributed by atoms with Crippen LogP contribution in [-0.4, -0.2) is 36.3 Å². The molecule has 0 saturated heterocycles. The molecule has 0 fully saturated rings. The van der Waals surface area contributed by atoms with Gasteiger partial charge in [0.1, 0.15) is 0 Å². The van der Waals surface area contributed by atoms with Gasteiger partial charge in [0.05, 0.1) is 24.3 Å². The molecule has 0 unspecified atom stereocenters. The standard InChI is InChI=1S/C22H26F3N3O2/c1-4-8-17(15-9-6-5-7-10-15)27-22(30)14(2)28(3)13-19(29)26-18-12-11-16(23)20(24)21(18)25/h5-7,9-12,14,17H,4,8,13H2,1-3H3,(H,26,29)(H,27,30)/t14-,17+/m0/s1. The summed E-state index contributed by atoms with van der Waals surface area (Å²) in [6, 6.07) is 10.5. The number of hydrogen-bond acceptors (Lipinski definition) is 3. The summed E-state index contributed by atoms with van der Waals surface area (Å²) in [4.78, 5) is 26.3. The second-order valence-corrected chi connectivity index (χ2v) is 7.12. The Labute approximate surface area is 174 Å². The van der Waals surface area contributed by atoms with Gasteiger partial charge in [0.25, 0.3) is 0 Å². The molecule has 0 heterocycles. The molecule has 8 heteroatoms. The van der Waals surface area contributed by atoms with Gasteiger partial charge in [-0.3, -0.25) is 14.5 Å². The average molecular weight is 421 g/mol. The van der Waals surface area contributed by atoms with Crippen LogP contribution in [0, 0.1) is 17.5 Å². The highest BCUT2D eigenvalue weighted by Crippen LogP contribution is 2.20. The Hall–Kier alpha value is -2.87. The molecule has 2 atom stereocenters. The van der Waals surface area contributed by atoms with E-state index in [0.717, 1.165) is 30.5 Å². The molecule has 0 aliphatic heterocycles. The molecule has 2 amide bonds. The molecule has 0 saturated carbocycles. The van der Waals surface area contributed by atoms with Gasteiger partial charge in [-0.15, -0.1) is 0 Å². The Balaban J connectivity index is 1.97. The number of halogens is 3. The number of nitrogens with one attached hydrogen (secondary N) is 2. The van der Waals surface area contributed by atoms with E-state index in [4.69, 9.17) is 0 Å². The van der Waals surface area contributed by atoms with Gasteiger partial charge in [-0.1, -0.05) is 43.7 Å². The maximum absolute atomic E-state index is 13.7. The Bertz CT molecular complexity index is 877. The molecule has 0 aliphatic rings. The Morgan fingerprint density at radius 1 is 1.03 bits per heavy atom. The summed E-state index contributed by atoms with van der Waals surface area (Å²) < 4.78 is 40.0. The summed E-state index contributed by atoms with van der Waals surface area (Å²) in [7, 11) is 1.57. The fraction of sp³-hybridized carbons (Fsp3) is 0.364. The molecular formula is C22H26F3N3O2. The molecule has 162 valence electrons. The Morgan fingerprint density at radius 3 is 2.33 bits per heavy atom. The van der Waals surface area contributed by atoms with E-state index >= 15 is 0 Å². The molecule has 0 aliphatic carbocycles. The summed E-state index contributed by atoms with van der Waals surface area (Å²) in [5, 5.41) is 5.19. The van der Waals surface area contributed by atoms with E-state index < -0.39 is 35.1 Å². The number of amides is 2. The van der Waals surface area contributed by atoms with Gasteiger partial charge in [-0.05, 0) is 38.1 Å². The van der Waals surface area contributed by atoms with E-state index in [1.807, 2.05) is 37.3 Å². The predicted molar refractivity (Wildman–Crippen MR) is 109 cm³/mol. The van der Waals surface area contributed by atoms with E-state index in [1.165, 1.54) is 4.90 Å². The first-order valence-corrected chi connectivity index (χ1v) is 9.73. The van der Waals surface area contributed by atoms with Crippen LogP contribution in [0.4, 0.5) is 18.9 Å². The molecule has 30 heavy (non-hydrogen) atoms. The minimum absolute atomic E-state index is 0.148. The van der Waals surface area contributed by atoms with Crippen LogP contribution in [0.15, 0.2) is 42.5 Å². The number of likely N-dealkylation sites (N-methyl/N-ethyl adjacent to an activating group) is 1. The second-order valence-electron chi connectivity index (χ2n) is 7.12. The first-order valence-electron chi connectivity index (χ1n) is 9.73. The van der Waals surface area contributed by atoms with E-state index in [0.29, 0.717) is 0 Å². The molecule has 2 N–H and O–H groups in total. The van der Waals surface area contributed by atoms with Crippen molar-refractivity contribution in [3.63, 3.8) is 0 Å². The van der Waals surface area contributed by atoms with E-state index in [9.17, 15) is 22.8 Å². The normalized spacial score (nSPS) is 13.0. The van der Waals surface area contributed by atoms with Crippen LogP contribution in [0.3, 0.4) is 0 Å². The predicted octanol–water partition coefficient (Wildman–Crippen LogP) is 4.02. The lowest BCUT2D eigenvalue weighted by atomic mass is 10.0. The fourth-order valence-electron chi connectivity index (χ4n) is 2.96. The van der Waals surface area contributed by atoms with Crippen molar-refractivity contribution in [2.75, 3.05) is 18.9 Å². The third-order valence-electron chi connectivity index (χ3n) is 4.84. The molecule has 0 aromatic heterocycles. The number of carbonyl (C=O) groups excluding carboxylic acids is 2. The minimum Gasteiger partial charge on any atom is -0.348 e. The molecule has 2 aromatic carbocycles. The van der Waals surface area contributed by atoms with E-state index in [1.54, 1.807) is 14.0 Å². The van der Waals surface area contributed by atoms with Crippen molar-refractivity contribution >= 4 is 17.5 Å². The lowest BCUT2D eigenvalue weighted by Crippen LogP contribution is -2.46. The zero-order valence-electron chi connectivity index (χ0n) is 17.2. The number of nitrogens with zero attached hydrogens (tertiary/aromatic N) is 1. The van der Waals surface area contributed by atoms with E-state index in [2.05, 4.69) is 10.6 Å². The number of benzene rings is 2. The van der Waals surface area contributed by atoms with Crippen molar-refractivity contribution in [1.29, 1.82) is 0 Å². The molecule has 0 bridgehead atoms. The SMILES string of the molecule is CCC[C@@H](NC(=O)[C@H](C)N(C)CC(=O)Nc1ccc(F)c(F)c1F)c1ccccc1. The zero-order valence-corrected chi connectivity index (χ0v) is 17.2. The topological polar surface area (TPSA) is 61.4 Å². The highest BCUT2D eigenvalue weighted by Gasteiger charge is 2.24. The van der Waals surface area contributed by atoms with Crippen LogP contribution < -0.4 is 10.6 Å². The zero-order chi connectivity index (χ0) is 22.3. The molecular weight excluding hydrogens is 395 g/mol. The monoisotopic (exact) mass is 421 g/mol. The van der Waals surface area contributed by atoms with Gasteiger partial charge in [0.2, 0.25) is 11.8 Å². The largest absolute Gasteiger partial charge is 0.348 e. The smallest absolute Gasteiger partial charge is 0.238 e. The van der Waals surface area contributed by atoms with Crippen LogP contribution in [0.25, 0.3) is 0 Å². The summed E-state index contributed by atoms with van der Waals surface area (Å²) in [6.45, 7) is 3.44. The first kappa shape index (κ1) is 23.4. The van der Waals surface area contributed by atoms with Crippen molar-refractivity contribution in [2.45, 2.75) is 38.8 Å². The molecule has 2 rings (SSSR count). The Morgan fingerprint density at radius 2 is 1.70 bits per heavy atom. The van der Waals surface area contributed by atoms with Crippen molar-refractivity contribution in [2.24, 2.45) is 0 Å². The molecule has 0 spiro atoms.